The Morgan fingerprint density at radius 1 is 1.10 bits per heavy atom. The molecule has 7 heteroatoms. The number of hydrogen-bond acceptors (Lipinski definition) is 6. The monoisotopic (exact) mass is 415 g/mol. The average Bonchev–Trinajstić information content (AvgIpc) is 2.73. The van der Waals surface area contributed by atoms with E-state index in [4.69, 9.17) is 4.74 Å². The van der Waals surface area contributed by atoms with Crippen molar-refractivity contribution in [1.82, 2.24) is 14.4 Å². The van der Waals surface area contributed by atoms with Crippen LogP contribution in [0, 0.1) is 6.92 Å². The molecule has 0 saturated carbocycles. The third kappa shape index (κ3) is 4.69. The van der Waals surface area contributed by atoms with Gasteiger partial charge in [0.2, 0.25) is 0 Å². The van der Waals surface area contributed by atoms with Crippen LogP contribution in [0.25, 0.3) is 0 Å². The van der Waals surface area contributed by atoms with Crippen molar-refractivity contribution in [2.75, 3.05) is 45.9 Å². The van der Waals surface area contributed by atoms with E-state index >= 15 is 0 Å². The first-order valence-electron chi connectivity index (χ1n) is 10.7. The minimum Gasteiger partial charge on any atom is -0.507 e. The molecule has 1 aliphatic heterocycles. The highest BCUT2D eigenvalue weighted by Gasteiger charge is 2.31. The average molecular weight is 416 g/mol. The first-order valence-corrected chi connectivity index (χ1v) is 10.7. The predicted molar refractivity (Wildman–Crippen MR) is 117 cm³/mol. The molecule has 1 fully saturated rings. The minimum absolute atomic E-state index is 0.0406. The molecule has 164 valence electrons. The highest BCUT2D eigenvalue weighted by molar-refractivity contribution is 5.42. The van der Waals surface area contributed by atoms with Gasteiger partial charge < -0.3 is 19.5 Å². The number of β-amino-alcohol motifs (C(OH)–C–C–N with tert-alkyl or cyclic N) is 1. The Labute approximate surface area is 178 Å². The third-order valence-electron chi connectivity index (χ3n) is 5.81. The summed E-state index contributed by atoms with van der Waals surface area (Å²) in [5.41, 5.74) is 1.98. The molecule has 3 rings (SSSR count). The number of aliphatic hydroxyl groups is 1. The van der Waals surface area contributed by atoms with Gasteiger partial charge in [-0.15, -0.1) is 0 Å². The Morgan fingerprint density at radius 2 is 1.77 bits per heavy atom. The zero-order valence-corrected chi connectivity index (χ0v) is 18.2. The maximum absolute atomic E-state index is 13.3. The highest BCUT2D eigenvalue weighted by Crippen LogP contribution is 2.34. The van der Waals surface area contributed by atoms with Gasteiger partial charge in [-0.05, 0) is 44.5 Å². The van der Waals surface area contributed by atoms with Gasteiger partial charge in [-0.3, -0.25) is 14.6 Å². The van der Waals surface area contributed by atoms with Crippen molar-refractivity contribution in [1.29, 1.82) is 0 Å². The van der Waals surface area contributed by atoms with Gasteiger partial charge in [-0.1, -0.05) is 12.1 Å². The van der Waals surface area contributed by atoms with Crippen LogP contribution in [-0.4, -0.2) is 70.5 Å². The van der Waals surface area contributed by atoms with E-state index in [0.29, 0.717) is 25.3 Å². The maximum Gasteiger partial charge on any atom is 0.259 e. The van der Waals surface area contributed by atoms with Crippen molar-refractivity contribution in [3.63, 3.8) is 0 Å². The molecular weight excluding hydrogens is 382 g/mol. The SMILES string of the molecule is CCOc1ccc(C(c2c(O)cc(C)n(CC)c2=O)N2CCN(CCO)CC2)cc1. The van der Waals surface area contributed by atoms with Gasteiger partial charge in [0.15, 0.2) is 0 Å². The highest BCUT2D eigenvalue weighted by atomic mass is 16.5. The topological polar surface area (TPSA) is 78.2 Å². The summed E-state index contributed by atoms with van der Waals surface area (Å²) in [5.74, 6) is 0.825. The van der Waals surface area contributed by atoms with E-state index in [2.05, 4.69) is 9.80 Å². The van der Waals surface area contributed by atoms with Crippen LogP contribution >= 0.6 is 0 Å². The number of aromatic hydroxyl groups is 1. The van der Waals surface area contributed by atoms with Gasteiger partial charge >= 0.3 is 0 Å². The van der Waals surface area contributed by atoms with E-state index in [1.165, 1.54) is 0 Å². The second-order valence-corrected chi connectivity index (χ2v) is 7.64. The van der Waals surface area contributed by atoms with Crippen molar-refractivity contribution in [2.24, 2.45) is 0 Å². The van der Waals surface area contributed by atoms with E-state index in [-0.39, 0.29) is 24.0 Å². The molecule has 1 atom stereocenters. The van der Waals surface area contributed by atoms with Crippen molar-refractivity contribution in [3.8, 4) is 11.5 Å². The lowest BCUT2D eigenvalue weighted by molar-refractivity contribution is 0.0932. The molecule has 0 spiro atoms. The number of ether oxygens (including phenoxy) is 1. The van der Waals surface area contributed by atoms with Crippen molar-refractivity contribution < 1.29 is 14.9 Å². The zero-order chi connectivity index (χ0) is 21.7. The molecule has 1 unspecified atom stereocenters. The second-order valence-electron chi connectivity index (χ2n) is 7.64. The van der Waals surface area contributed by atoms with Crippen LogP contribution in [0.15, 0.2) is 35.1 Å². The summed E-state index contributed by atoms with van der Waals surface area (Å²) in [7, 11) is 0. The summed E-state index contributed by atoms with van der Waals surface area (Å²) in [5, 5.41) is 20.1. The van der Waals surface area contributed by atoms with E-state index < -0.39 is 0 Å². The fourth-order valence-electron chi connectivity index (χ4n) is 4.28. The van der Waals surface area contributed by atoms with Crippen LogP contribution in [0.4, 0.5) is 0 Å². The predicted octanol–water partition coefficient (Wildman–Crippen LogP) is 1.98. The van der Waals surface area contributed by atoms with Gasteiger partial charge in [-0.25, -0.2) is 0 Å². The Bertz CT molecular complexity index is 887. The lowest BCUT2D eigenvalue weighted by atomic mass is 9.96. The first kappa shape index (κ1) is 22.3. The van der Waals surface area contributed by atoms with Crippen LogP contribution in [0.1, 0.15) is 36.7 Å². The lowest BCUT2D eigenvalue weighted by Crippen LogP contribution is -2.49. The molecule has 1 aliphatic rings. The van der Waals surface area contributed by atoms with Gasteiger partial charge in [-0.2, -0.15) is 0 Å². The summed E-state index contributed by atoms with van der Waals surface area (Å²) in [6.07, 6.45) is 0. The molecule has 2 aromatic rings. The minimum atomic E-state index is -0.345. The summed E-state index contributed by atoms with van der Waals surface area (Å²) < 4.78 is 7.28. The molecule has 30 heavy (non-hydrogen) atoms. The summed E-state index contributed by atoms with van der Waals surface area (Å²) in [6, 6.07) is 9.12. The number of rotatable bonds is 8. The fraction of sp³-hybridized carbons (Fsp3) is 0.522. The van der Waals surface area contributed by atoms with Crippen LogP contribution in [-0.2, 0) is 6.54 Å². The quantitative estimate of drug-likeness (QED) is 0.687. The van der Waals surface area contributed by atoms with Crippen LogP contribution in [0.3, 0.4) is 0 Å². The summed E-state index contributed by atoms with van der Waals surface area (Å²) in [4.78, 5) is 17.8. The summed E-state index contributed by atoms with van der Waals surface area (Å²) >= 11 is 0. The molecule has 0 bridgehead atoms. The normalized spacial score (nSPS) is 16.5. The van der Waals surface area contributed by atoms with Crippen molar-refractivity contribution >= 4 is 0 Å². The summed E-state index contributed by atoms with van der Waals surface area (Å²) in [6.45, 7) is 10.8. The van der Waals surface area contributed by atoms with Crippen LogP contribution in [0.5, 0.6) is 11.5 Å². The number of aliphatic hydroxyl groups excluding tert-OH is 1. The van der Waals surface area contributed by atoms with Crippen molar-refractivity contribution in [3.05, 3.63) is 57.5 Å². The second kappa shape index (κ2) is 10.1. The molecule has 0 radical (unpaired) electrons. The van der Waals surface area contributed by atoms with E-state index in [1.807, 2.05) is 45.0 Å². The van der Waals surface area contributed by atoms with Crippen LogP contribution < -0.4 is 10.3 Å². The smallest absolute Gasteiger partial charge is 0.259 e. The first-order chi connectivity index (χ1) is 14.5. The number of hydrogen-bond donors (Lipinski definition) is 2. The number of piperazine rings is 1. The third-order valence-corrected chi connectivity index (χ3v) is 5.81. The van der Waals surface area contributed by atoms with Crippen molar-refractivity contribution in [2.45, 2.75) is 33.4 Å². The molecule has 1 aromatic carbocycles. The van der Waals surface area contributed by atoms with E-state index in [9.17, 15) is 15.0 Å². The lowest BCUT2D eigenvalue weighted by Gasteiger charge is -2.39. The van der Waals surface area contributed by atoms with Gasteiger partial charge in [0.25, 0.3) is 5.56 Å². The van der Waals surface area contributed by atoms with E-state index in [1.54, 1.807) is 10.6 Å². The largest absolute Gasteiger partial charge is 0.507 e. The standard InChI is InChI=1S/C23H33N3O4/c1-4-26-17(3)16-20(28)21(23(26)29)22(18-6-8-19(9-7-18)30-5-2)25-12-10-24(11-13-25)14-15-27/h6-9,16,22,27-28H,4-5,10-15H2,1-3H3. The number of nitrogens with zero attached hydrogens (tertiary/aromatic N) is 3. The molecule has 0 aliphatic carbocycles. The molecule has 2 heterocycles. The Morgan fingerprint density at radius 3 is 2.33 bits per heavy atom. The number of aromatic nitrogens is 1. The molecule has 1 saturated heterocycles. The molecule has 1 aromatic heterocycles. The maximum atomic E-state index is 13.3. The Balaban J connectivity index is 2.04. The molecule has 2 N–H and O–H groups in total. The molecular formula is C23H33N3O4. The van der Waals surface area contributed by atoms with Crippen LogP contribution in [0.2, 0.25) is 0 Å². The van der Waals surface area contributed by atoms with Gasteiger partial charge in [0.1, 0.15) is 11.5 Å². The fourth-order valence-corrected chi connectivity index (χ4v) is 4.28. The Kier molecular flexibility index (Phi) is 7.53. The molecule has 0 amide bonds. The number of pyridine rings is 1. The number of benzene rings is 1. The van der Waals surface area contributed by atoms with Gasteiger partial charge in [0.05, 0.1) is 24.8 Å². The van der Waals surface area contributed by atoms with Gasteiger partial charge in [0, 0.05) is 45.0 Å². The molecule has 7 nitrogen and oxygen atoms in total. The number of aryl methyl sites for hydroxylation is 1. The Hall–Kier alpha value is -2.35. The van der Waals surface area contributed by atoms with E-state index in [0.717, 1.165) is 43.2 Å². The zero-order valence-electron chi connectivity index (χ0n) is 18.2.